The van der Waals surface area contributed by atoms with Crippen LogP contribution in [0, 0.1) is 0 Å². The largest absolute Gasteiger partial charge is 0.457 e. The first kappa shape index (κ1) is 15.0. The highest BCUT2D eigenvalue weighted by Crippen LogP contribution is 2.21. The second-order valence-corrected chi connectivity index (χ2v) is 5.48. The molecule has 0 bridgehead atoms. The van der Waals surface area contributed by atoms with Gasteiger partial charge in [0.2, 0.25) is 0 Å². The third kappa shape index (κ3) is 3.21. The number of aromatic nitrogens is 2. The molecule has 0 atom stereocenters. The molecule has 4 aromatic rings. The number of para-hydroxylation sites is 3. The second kappa shape index (κ2) is 6.49. The molecule has 1 amide bonds. The summed E-state index contributed by atoms with van der Waals surface area (Å²) in [5.74, 6) is 1.22. The standard InChI is InChI=1S/C20H15N3O2/c24-20(22-23-14-21-18-8-4-5-9-19(18)23)15-10-12-17(13-11-15)25-16-6-2-1-3-7-16/h1-14H,(H,22,24). The Hall–Kier alpha value is -3.60. The molecule has 0 spiro atoms. The van der Waals surface area contributed by atoms with Crippen LogP contribution in [0.1, 0.15) is 10.4 Å². The van der Waals surface area contributed by atoms with E-state index in [-0.39, 0.29) is 5.91 Å². The Balaban J connectivity index is 1.49. The maximum absolute atomic E-state index is 12.4. The van der Waals surface area contributed by atoms with E-state index in [0.29, 0.717) is 11.3 Å². The maximum atomic E-state index is 12.4. The lowest BCUT2D eigenvalue weighted by Crippen LogP contribution is -2.21. The molecular formula is C20H15N3O2. The van der Waals surface area contributed by atoms with Crippen molar-refractivity contribution in [2.45, 2.75) is 0 Å². The second-order valence-electron chi connectivity index (χ2n) is 5.48. The number of amides is 1. The zero-order chi connectivity index (χ0) is 17.1. The van der Waals surface area contributed by atoms with Crippen LogP contribution in [0.3, 0.4) is 0 Å². The average Bonchev–Trinajstić information content (AvgIpc) is 3.06. The molecule has 0 aliphatic carbocycles. The minimum absolute atomic E-state index is 0.214. The Morgan fingerprint density at radius 2 is 1.52 bits per heavy atom. The van der Waals surface area contributed by atoms with Crippen molar-refractivity contribution < 1.29 is 9.53 Å². The number of hydrogen-bond acceptors (Lipinski definition) is 3. The van der Waals surface area contributed by atoms with Crippen molar-refractivity contribution in [3.05, 3.63) is 90.8 Å². The minimum Gasteiger partial charge on any atom is -0.457 e. The van der Waals surface area contributed by atoms with Crippen LogP contribution in [0.25, 0.3) is 11.0 Å². The van der Waals surface area contributed by atoms with Crippen LogP contribution >= 0.6 is 0 Å². The van der Waals surface area contributed by atoms with E-state index in [1.807, 2.05) is 54.6 Å². The van der Waals surface area contributed by atoms with Crippen LogP contribution in [-0.2, 0) is 0 Å². The zero-order valence-corrected chi connectivity index (χ0v) is 13.3. The molecule has 25 heavy (non-hydrogen) atoms. The Morgan fingerprint density at radius 1 is 0.840 bits per heavy atom. The third-order valence-electron chi connectivity index (χ3n) is 3.77. The van der Waals surface area contributed by atoms with E-state index in [0.717, 1.165) is 16.8 Å². The molecule has 0 radical (unpaired) electrons. The van der Waals surface area contributed by atoms with Crippen molar-refractivity contribution in [3.63, 3.8) is 0 Å². The van der Waals surface area contributed by atoms with Gasteiger partial charge in [-0.3, -0.25) is 10.2 Å². The third-order valence-corrected chi connectivity index (χ3v) is 3.77. The van der Waals surface area contributed by atoms with E-state index in [1.54, 1.807) is 35.3 Å². The van der Waals surface area contributed by atoms with Crippen LogP contribution < -0.4 is 10.2 Å². The van der Waals surface area contributed by atoms with E-state index < -0.39 is 0 Å². The van der Waals surface area contributed by atoms with Crippen molar-refractivity contribution in [2.24, 2.45) is 0 Å². The molecule has 3 aromatic carbocycles. The fraction of sp³-hybridized carbons (Fsp3) is 0. The summed E-state index contributed by atoms with van der Waals surface area (Å²) >= 11 is 0. The van der Waals surface area contributed by atoms with Crippen molar-refractivity contribution in [3.8, 4) is 11.5 Å². The molecule has 0 saturated heterocycles. The van der Waals surface area contributed by atoms with E-state index in [1.165, 1.54) is 0 Å². The van der Waals surface area contributed by atoms with Crippen molar-refractivity contribution in [2.75, 3.05) is 5.43 Å². The zero-order valence-electron chi connectivity index (χ0n) is 13.3. The molecule has 1 aromatic heterocycles. The Morgan fingerprint density at radius 3 is 2.32 bits per heavy atom. The van der Waals surface area contributed by atoms with Gasteiger partial charge in [-0.05, 0) is 48.5 Å². The lowest BCUT2D eigenvalue weighted by atomic mass is 10.2. The Labute approximate surface area is 144 Å². The number of rotatable bonds is 4. The molecule has 0 fully saturated rings. The van der Waals surface area contributed by atoms with Gasteiger partial charge in [0.15, 0.2) is 0 Å². The summed E-state index contributed by atoms with van der Waals surface area (Å²) in [6, 6.07) is 24.1. The highest BCUT2D eigenvalue weighted by Gasteiger charge is 2.09. The van der Waals surface area contributed by atoms with Gasteiger partial charge in [0.25, 0.3) is 5.91 Å². The highest BCUT2D eigenvalue weighted by atomic mass is 16.5. The molecule has 1 heterocycles. The molecular weight excluding hydrogens is 314 g/mol. The van der Waals surface area contributed by atoms with Crippen LogP contribution in [0.5, 0.6) is 11.5 Å². The van der Waals surface area contributed by atoms with Crippen molar-refractivity contribution in [1.82, 2.24) is 9.66 Å². The molecule has 0 saturated carbocycles. The first-order valence-electron chi connectivity index (χ1n) is 7.86. The first-order chi connectivity index (χ1) is 12.3. The molecule has 0 aliphatic rings. The van der Waals surface area contributed by atoms with Crippen molar-refractivity contribution >= 4 is 16.9 Å². The normalized spacial score (nSPS) is 10.6. The summed E-state index contributed by atoms with van der Waals surface area (Å²) in [4.78, 5) is 16.7. The number of benzene rings is 3. The van der Waals surface area contributed by atoms with Gasteiger partial charge in [-0.15, -0.1) is 0 Å². The van der Waals surface area contributed by atoms with Gasteiger partial charge in [-0.1, -0.05) is 30.3 Å². The van der Waals surface area contributed by atoms with E-state index in [9.17, 15) is 4.79 Å². The maximum Gasteiger partial charge on any atom is 0.270 e. The summed E-state index contributed by atoms with van der Waals surface area (Å²) in [5, 5.41) is 0. The van der Waals surface area contributed by atoms with Gasteiger partial charge in [0, 0.05) is 5.56 Å². The molecule has 1 N–H and O–H groups in total. The fourth-order valence-corrected chi connectivity index (χ4v) is 2.52. The number of nitrogens with one attached hydrogen (secondary N) is 1. The number of ether oxygens (including phenoxy) is 1. The summed E-state index contributed by atoms with van der Waals surface area (Å²) in [5.41, 5.74) is 5.04. The summed E-state index contributed by atoms with van der Waals surface area (Å²) in [6.45, 7) is 0. The lowest BCUT2D eigenvalue weighted by Gasteiger charge is -2.08. The predicted molar refractivity (Wildman–Crippen MR) is 96.4 cm³/mol. The molecule has 0 aliphatic heterocycles. The van der Waals surface area contributed by atoms with Crippen LogP contribution in [0.15, 0.2) is 85.2 Å². The van der Waals surface area contributed by atoms with Gasteiger partial charge >= 0.3 is 0 Å². The number of fused-ring (bicyclic) bond motifs is 1. The number of nitrogens with zero attached hydrogens (tertiary/aromatic N) is 2. The van der Waals surface area contributed by atoms with E-state index in [2.05, 4.69) is 10.4 Å². The number of carbonyl (C=O) groups excluding carboxylic acids is 1. The van der Waals surface area contributed by atoms with Gasteiger partial charge < -0.3 is 4.74 Å². The van der Waals surface area contributed by atoms with Gasteiger partial charge in [0.05, 0.1) is 11.0 Å². The fourth-order valence-electron chi connectivity index (χ4n) is 2.52. The Kier molecular flexibility index (Phi) is 3.88. The molecule has 4 rings (SSSR count). The molecule has 0 unspecified atom stereocenters. The van der Waals surface area contributed by atoms with Crippen LogP contribution in [-0.4, -0.2) is 15.6 Å². The SMILES string of the molecule is O=C(Nn1cnc2ccccc21)c1ccc(Oc2ccccc2)cc1. The molecule has 122 valence electrons. The highest BCUT2D eigenvalue weighted by molar-refractivity contribution is 6.00. The van der Waals surface area contributed by atoms with E-state index >= 15 is 0 Å². The lowest BCUT2D eigenvalue weighted by molar-refractivity contribution is 0.101. The predicted octanol–water partition coefficient (Wildman–Crippen LogP) is 4.21. The topological polar surface area (TPSA) is 56.2 Å². The Bertz CT molecular complexity index is 1010. The molecule has 5 heteroatoms. The number of carbonyl (C=O) groups is 1. The minimum atomic E-state index is -0.214. The first-order valence-corrected chi connectivity index (χ1v) is 7.86. The van der Waals surface area contributed by atoms with Crippen LogP contribution in [0.4, 0.5) is 0 Å². The monoisotopic (exact) mass is 329 g/mol. The van der Waals surface area contributed by atoms with Gasteiger partial charge in [-0.25, -0.2) is 9.66 Å². The number of imidazole rings is 1. The van der Waals surface area contributed by atoms with E-state index in [4.69, 9.17) is 4.74 Å². The summed E-state index contributed by atoms with van der Waals surface area (Å²) in [6.07, 6.45) is 1.59. The van der Waals surface area contributed by atoms with Crippen LogP contribution in [0.2, 0.25) is 0 Å². The smallest absolute Gasteiger partial charge is 0.270 e. The number of hydrogen-bond donors (Lipinski definition) is 1. The quantitative estimate of drug-likeness (QED) is 0.610. The van der Waals surface area contributed by atoms with Gasteiger partial charge in [-0.2, -0.15) is 0 Å². The molecule has 5 nitrogen and oxygen atoms in total. The summed E-state index contributed by atoms with van der Waals surface area (Å²) in [7, 11) is 0. The van der Waals surface area contributed by atoms with Gasteiger partial charge in [0.1, 0.15) is 17.8 Å². The van der Waals surface area contributed by atoms with Crippen molar-refractivity contribution in [1.29, 1.82) is 0 Å². The summed E-state index contributed by atoms with van der Waals surface area (Å²) < 4.78 is 7.35. The average molecular weight is 329 g/mol.